The van der Waals surface area contributed by atoms with Gasteiger partial charge in [0.25, 0.3) is 0 Å². The van der Waals surface area contributed by atoms with Gasteiger partial charge in [0.05, 0.1) is 5.92 Å². The zero-order valence-corrected chi connectivity index (χ0v) is 10.5. The number of rotatable bonds is 7. The molecule has 3 N–H and O–H groups in total. The third-order valence-electron chi connectivity index (χ3n) is 2.86. The van der Waals surface area contributed by atoms with Gasteiger partial charge in [0.15, 0.2) is 0 Å². The van der Waals surface area contributed by atoms with E-state index >= 15 is 0 Å². The van der Waals surface area contributed by atoms with Crippen molar-refractivity contribution < 1.29 is 4.79 Å². The SMILES string of the molecule is CCCC(CN)C(=O)NC(CC)C(C)C. The third-order valence-corrected chi connectivity index (χ3v) is 2.86. The summed E-state index contributed by atoms with van der Waals surface area (Å²) in [4.78, 5) is 11.8. The quantitative estimate of drug-likeness (QED) is 0.680. The predicted molar refractivity (Wildman–Crippen MR) is 64.5 cm³/mol. The molecule has 0 bridgehead atoms. The largest absolute Gasteiger partial charge is 0.353 e. The molecule has 0 spiro atoms. The summed E-state index contributed by atoms with van der Waals surface area (Å²) in [6.45, 7) is 8.89. The molecule has 3 heteroatoms. The second-order valence-corrected chi connectivity index (χ2v) is 4.49. The highest BCUT2D eigenvalue weighted by molar-refractivity contribution is 5.79. The minimum Gasteiger partial charge on any atom is -0.353 e. The standard InChI is InChI=1S/C12H26N2O/c1-5-7-10(8-13)12(15)14-11(6-2)9(3)4/h9-11H,5-8,13H2,1-4H3,(H,14,15). The molecule has 3 nitrogen and oxygen atoms in total. The normalized spacial score (nSPS) is 15.1. The Morgan fingerprint density at radius 2 is 1.93 bits per heavy atom. The van der Waals surface area contributed by atoms with Crippen LogP contribution in [0, 0.1) is 11.8 Å². The van der Waals surface area contributed by atoms with Crippen LogP contribution < -0.4 is 11.1 Å². The van der Waals surface area contributed by atoms with E-state index in [4.69, 9.17) is 5.73 Å². The Morgan fingerprint density at radius 1 is 1.33 bits per heavy atom. The summed E-state index contributed by atoms with van der Waals surface area (Å²) in [5, 5.41) is 3.08. The van der Waals surface area contributed by atoms with Crippen molar-refractivity contribution in [3.05, 3.63) is 0 Å². The molecule has 0 saturated heterocycles. The topological polar surface area (TPSA) is 55.1 Å². The average Bonchev–Trinajstić information content (AvgIpc) is 2.21. The van der Waals surface area contributed by atoms with E-state index in [-0.39, 0.29) is 17.9 Å². The Kier molecular flexibility index (Phi) is 7.39. The van der Waals surface area contributed by atoms with Gasteiger partial charge >= 0.3 is 0 Å². The van der Waals surface area contributed by atoms with Crippen molar-refractivity contribution >= 4 is 5.91 Å². The van der Waals surface area contributed by atoms with Crippen molar-refractivity contribution in [3.63, 3.8) is 0 Å². The molecule has 15 heavy (non-hydrogen) atoms. The summed E-state index contributed by atoms with van der Waals surface area (Å²) in [6.07, 6.45) is 2.87. The number of nitrogens with one attached hydrogen (secondary N) is 1. The van der Waals surface area contributed by atoms with Crippen molar-refractivity contribution in [1.29, 1.82) is 0 Å². The number of nitrogens with two attached hydrogens (primary N) is 1. The minimum absolute atomic E-state index is 0.0113. The van der Waals surface area contributed by atoms with Crippen LogP contribution in [0.1, 0.15) is 47.0 Å². The highest BCUT2D eigenvalue weighted by atomic mass is 16.1. The van der Waals surface area contributed by atoms with E-state index in [9.17, 15) is 4.79 Å². The van der Waals surface area contributed by atoms with Crippen LogP contribution in [0.15, 0.2) is 0 Å². The van der Waals surface area contributed by atoms with E-state index in [2.05, 4.69) is 33.0 Å². The second kappa shape index (κ2) is 7.69. The predicted octanol–water partition coefficient (Wildman–Crippen LogP) is 1.91. The van der Waals surface area contributed by atoms with Crippen LogP contribution in [0.5, 0.6) is 0 Å². The number of carbonyl (C=O) groups is 1. The van der Waals surface area contributed by atoms with Crippen LogP contribution in [0.25, 0.3) is 0 Å². The fourth-order valence-corrected chi connectivity index (χ4v) is 1.75. The number of amides is 1. The molecule has 0 fully saturated rings. The zero-order valence-electron chi connectivity index (χ0n) is 10.5. The summed E-state index contributed by atoms with van der Waals surface area (Å²) in [6, 6.07) is 0.281. The Bertz CT molecular complexity index is 180. The van der Waals surface area contributed by atoms with Crippen molar-refractivity contribution in [2.75, 3.05) is 6.54 Å². The van der Waals surface area contributed by atoms with Gasteiger partial charge in [0.2, 0.25) is 5.91 Å². The van der Waals surface area contributed by atoms with Crippen LogP contribution in [0.2, 0.25) is 0 Å². The molecule has 0 aliphatic carbocycles. The average molecular weight is 214 g/mol. The van der Waals surface area contributed by atoms with E-state index in [1.165, 1.54) is 0 Å². The molecule has 90 valence electrons. The molecule has 0 aliphatic heterocycles. The summed E-state index contributed by atoms with van der Waals surface area (Å²) in [5.74, 6) is 0.599. The molecule has 0 aromatic carbocycles. The zero-order chi connectivity index (χ0) is 11.8. The lowest BCUT2D eigenvalue weighted by molar-refractivity contribution is -0.126. The molecule has 2 atom stereocenters. The fourth-order valence-electron chi connectivity index (χ4n) is 1.75. The lowest BCUT2D eigenvalue weighted by atomic mass is 9.98. The van der Waals surface area contributed by atoms with Crippen LogP contribution in [-0.2, 0) is 4.79 Å². The van der Waals surface area contributed by atoms with Crippen LogP contribution in [0.4, 0.5) is 0 Å². The van der Waals surface area contributed by atoms with Gasteiger partial charge in [0, 0.05) is 12.6 Å². The van der Waals surface area contributed by atoms with Crippen molar-refractivity contribution in [2.24, 2.45) is 17.6 Å². The molecule has 1 amide bonds. The molecular weight excluding hydrogens is 188 g/mol. The molecular formula is C12H26N2O. The van der Waals surface area contributed by atoms with Gasteiger partial charge < -0.3 is 11.1 Å². The van der Waals surface area contributed by atoms with Crippen LogP contribution in [0.3, 0.4) is 0 Å². The van der Waals surface area contributed by atoms with Crippen molar-refractivity contribution in [3.8, 4) is 0 Å². The maximum Gasteiger partial charge on any atom is 0.224 e. The molecule has 0 aromatic rings. The number of hydrogen-bond donors (Lipinski definition) is 2. The molecule has 0 aliphatic rings. The summed E-state index contributed by atoms with van der Waals surface area (Å²) >= 11 is 0. The van der Waals surface area contributed by atoms with Gasteiger partial charge in [-0.3, -0.25) is 4.79 Å². The highest BCUT2D eigenvalue weighted by Crippen LogP contribution is 2.09. The molecule has 0 saturated carbocycles. The van der Waals surface area contributed by atoms with Gasteiger partial charge in [-0.1, -0.05) is 34.1 Å². The molecule has 0 heterocycles. The van der Waals surface area contributed by atoms with E-state index in [1.54, 1.807) is 0 Å². The monoisotopic (exact) mass is 214 g/mol. The molecule has 0 radical (unpaired) electrons. The van der Waals surface area contributed by atoms with E-state index in [0.717, 1.165) is 19.3 Å². The first-order valence-corrected chi connectivity index (χ1v) is 6.07. The van der Waals surface area contributed by atoms with Crippen LogP contribution in [-0.4, -0.2) is 18.5 Å². The Morgan fingerprint density at radius 3 is 2.27 bits per heavy atom. The van der Waals surface area contributed by atoms with E-state index < -0.39 is 0 Å². The van der Waals surface area contributed by atoms with E-state index in [0.29, 0.717) is 12.5 Å². The number of carbonyl (C=O) groups excluding carboxylic acids is 1. The number of hydrogen-bond acceptors (Lipinski definition) is 2. The first-order chi connectivity index (χ1) is 7.06. The lowest BCUT2D eigenvalue weighted by Gasteiger charge is -2.23. The van der Waals surface area contributed by atoms with Gasteiger partial charge in [-0.15, -0.1) is 0 Å². The van der Waals surface area contributed by atoms with E-state index in [1.807, 2.05) is 0 Å². The van der Waals surface area contributed by atoms with Gasteiger partial charge in [-0.2, -0.15) is 0 Å². The summed E-state index contributed by atoms with van der Waals surface area (Å²) < 4.78 is 0. The Balaban J connectivity index is 4.18. The molecule has 0 rings (SSSR count). The van der Waals surface area contributed by atoms with Crippen molar-refractivity contribution in [1.82, 2.24) is 5.32 Å². The fraction of sp³-hybridized carbons (Fsp3) is 0.917. The first-order valence-electron chi connectivity index (χ1n) is 6.07. The Labute approximate surface area is 93.8 Å². The lowest BCUT2D eigenvalue weighted by Crippen LogP contribution is -2.43. The van der Waals surface area contributed by atoms with Gasteiger partial charge in [-0.05, 0) is 18.8 Å². The third kappa shape index (κ3) is 5.17. The highest BCUT2D eigenvalue weighted by Gasteiger charge is 2.20. The Hall–Kier alpha value is -0.570. The molecule has 0 aromatic heterocycles. The van der Waals surface area contributed by atoms with Crippen molar-refractivity contribution in [2.45, 2.75) is 53.0 Å². The minimum atomic E-state index is -0.0113. The van der Waals surface area contributed by atoms with Crippen LogP contribution >= 0.6 is 0 Å². The smallest absolute Gasteiger partial charge is 0.224 e. The summed E-state index contributed by atoms with van der Waals surface area (Å²) in [7, 11) is 0. The van der Waals surface area contributed by atoms with Gasteiger partial charge in [-0.25, -0.2) is 0 Å². The maximum atomic E-state index is 11.8. The summed E-state index contributed by atoms with van der Waals surface area (Å²) in [5.41, 5.74) is 5.59. The molecule has 2 unspecified atom stereocenters. The second-order valence-electron chi connectivity index (χ2n) is 4.49. The maximum absolute atomic E-state index is 11.8. The first kappa shape index (κ1) is 14.4. The van der Waals surface area contributed by atoms with Gasteiger partial charge in [0.1, 0.15) is 0 Å².